The first-order chi connectivity index (χ1) is 22.5. The van der Waals surface area contributed by atoms with E-state index in [2.05, 4.69) is 19.6 Å². The molecule has 248 valence electrons. The Balaban J connectivity index is 1.14. The van der Waals surface area contributed by atoms with Gasteiger partial charge in [-0.1, -0.05) is 113 Å². The summed E-state index contributed by atoms with van der Waals surface area (Å²) in [5.41, 5.74) is 3.88. The van der Waals surface area contributed by atoms with Crippen LogP contribution >= 0.6 is 0 Å². The highest BCUT2D eigenvalue weighted by atomic mass is 19.2. The molecule has 0 aliphatic heterocycles. The molecular weight excluding hydrogens is 573 g/mol. The Morgan fingerprint density at radius 3 is 1.91 bits per heavy atom. The van der Waals surface area contributed by atoms with E-state index < -0.39 is 11.6 Å². The van der Waals surface area contributed by atoms with E-state index in [9.17, 15) is 4.39 Å². The maximum atomic E-state index is 15.5. The summed E-state index contributed by atoms with van der Waals surface area (Å²) in [7, 11) is 0. The summed E-state index contributed by atoms with van der Waals surface area (Å²) in [5.74, 6) is 1.20. The average molecular weight is 629 g/mol. The van der Waals surface area contributed by atoms with Gasteiger partial charge in [-0.2, -0.15) is 0 Å². The molecule has 2 aliphatic rings. The number of allylic oxidation sites excluding steroid dienone is 1. The van der Waals surface area contributed by atoms with Gasteiger partial charge in [-0.3, -0.25) is 0 Å². The average Bonchev–Trinajstić information content (AvgIpc) is 3.09. The van der Waals surface area contributed by atoms with Crippen LogP contribution in [0.1, 0.15) is 133 Å². The van der Waals surface area contributed by atoms with E-state index in [0.717, 1.165) is 73.0 Å². The Morgan fingerprint density at radius 1 is 0.652 bits per heavy atom. The Labute approximate surface area is 276 Å². The number of halogens is 3. The van der Waals surface area contributed by atoms with Crippen LogP contribution in [0.25, 0.3) is 22.3 Å². The summed E-state index contributed by atoms with van der Waals surface area (Å²) in [6.45, 7) is 6.08. The van der Waals surface area contributed by atoms with Crippen LogP contribution in [0, 0.1) is 35.2 Å². The zero-order valence-electron chi connectivity index (χ0n) is 28.2. The molecule has 3 aromatic rings. The third kappa shape index (κ3) is 8.96. The molecular formula is C43H55F3. The first-order valence-electron chi connectivity index (χ1n) is 18.5. The second kappa shape index (κ2) is 17.4. The smallest absolute Gasteiger partial charge is 0.166 e. The fourth-order valence-electron chi connectivity index (χ4n) is 8.36. The first kappa shape index (κ1) is 34.5. The van der Waals surface area contributed by atoms with E-state index >= 15 is 8.78 Å². The lowest BCUT2D eigenvalue weighted by Gasteiger charge is -2.38. The fraction of sp³-hybridized carbons (Fsp3) is 0.535. The van der Waals surface area contributed by atoms with Crippen molar-refractivity contribution in [2.75, 3.05) is 0 Å². The summed E-state index contributed by atoms with van der Waals surface area (Å²) in [6.07, 6.45) is 23.2. The Morgan fingerprint density at radius 2 is 1.26 bits per heavy atom. The third-order valence-corrected chi connectivity index (χ3v) is 11.3. The molecule has 0 atom stereocenters. The van der Waals surface area contributed by atoms with Crippen LogP contribution in [0.5, 0.6) is 0 Å². The van der Waals surface area contributed by atoms with Crippen molar-refractivity contribution in [2.45, 2.75) is 128 Å². The van der Waals surface area contributed by atoms with Crippen LogP contribution in [0.3, 0.4) is 0 Å². The van der Waals surface area contributed by atoms with Gasteiger partial charge in [0.05, 0.1) is 0 Å². The van der Waals surface area contributed by atoms with Gasteiger partial charge >= 0.3 is 0 Å². The van der Waals surface area contributed by atoms with Crippen molar-refractivity contribution in [1.82, 2.24) is 0 Å². The van der Waals surface area contributed by atoms with Gasteiger partial charge in [-0.05, 0) is 122 Å². The lowest BCUT2D eigenvalue weighted by Crippen LogP contribution is -2.25. The SMILES string of the molecule is C=CCCC1CCC(C2CCC(c3ccc(-c4ccc(-c5ccc(CCCCCCCCC)c(F)c5F)cc4)cc3F)CC2)CC1. The van der Waals surface area contributed by atoms with Gasteiger partial charge in [0.15, 0.2) is 11.6 Å². The minimum atomic E-state index is -0.783. The van der Waals surface area contributed by atoms with E-state index in [-0.39, 0.29) is 11.4 Å². The Hall–Kier alpha value is -2.81. The molecule has 0 heterocycles. The molecule has 2 aliphatic carbocycles. The summed E-state index contributed by atoms with van der Waals surface area (Å²) in [4.78, 5) is 0. The van der Waals surface area contributed by atoms with Crippen LogP contribution in [-0.2, 0) is 6.42 Å². The van der Waals surface area contributed by atoms with Crippen LogP contribution in [0.4, 0.5) is 13.2 Å². The largest absolute Gasteiger partial charge is 0.207 e. The predicted octanol–water partition coefficient (Wildman–Crippen LogP) is 13.8. The number of benzene rings is 3. The van der Waals surface area contributed by atoms with Crippen molar-refractivity contribution in [3.05, 3.63) is 95.8 Å². The molecule has 2 saturated carbocycles. The normalized spacial score (nSPS) is 21.7. The second-order valence-corrected chi connectivity index (χ2v) is 14.3. The number of hydrogen-bond acceptors (Lipinski definition) is 0. The van der Waals surface area contributed by atoms with Crippen molar-refractivity contribution in [3.8, 4) is 22.3 Å². The molecule has 3 heteroatoms. The van der Waals surface area contributed by atoms with E-state index in [4.69, 9.17) is 0 Å². The molecule has 2 fully saturated rings. The topological polar surface area (TPSA) is 0 Å². The highest BCUT2D eigenvalue weighted by molar-refractivity contribution is 5.71. The molecule has 5 rings (SSSR count). The molecule has 0 N–H and O–H groups in total. The molecule has 0 saturated heterocycles. The van der Waals surface area contributed by atoms with E-state index in [1.807, 2.05) is 36.4 Å². The molecule has 0 nitrogen and oxygen atoms in total. The van der Waals surface area contributed by atoms with Crippen molar-refractivity contribution in [3.63, 3.8) is 0 Å². The van der Waals surface area contributed by atoms with Crippen molar-refractivity contribution in [2.24, 2.45) is 17.8 Å². The van der Waals surface area contributed by atoms with Crippen molar-refractivity contribution >= 4 is 0 Å². The molecule has 0 spiro atoms. The minimum Gasteiger partial charge on any atom is -0.207 e. The molecule has 3 aromatic carbocycles. The van der Waals surface area contributed by atoms with E-state index in [0.29, 0.717) is 23.5 Å². The van der Waals surface area contributed by atoms with E-state index in [1.54, 1.807) is 18.2 Å². The standard InChI is InChI=1S/C43H55F3/c1-3-5-7-8-9-10-11-13-37-26-29-40(43(46)42(37)45)36-24-20-34(21-25-36)38-27-28-39(41(44)30-38)35-22-18-33(19-23-35)32-16-14-31(15-17-32)12-6-4-2/h4,20-21,24-33,35H,2-3,5-19,22-23H2,1H3. The maximum Gasteiger partial charge on any atom is 0.166 e. The van der Waals surface area contributed by atoms with Crippen molar-refractivity contribution < 1.29 is 13.2 Å². The lowest BCUT2D eigenvalue weighted by atomic mass is 9.68. The monoisotopic (exact) mass is 628 g/mol. The van der Waals surface area contributed by atoms with Gasteiger partial charge in [-0.15, -0.1) is 6.58 Å². The van der Waals surface area contributed by atoms with Gasteiger partial charge in [0, 0.05) is 5.56 Å². The van der Waals surface area contributed by atoms with Crippen LogP contribution < -0.4 is 0 Å². The molecule has 0 unspecified atom stereocenters. The van der Waals surface area contributed by atoms with Gasteiger partial charge in [-0.25, -0.2) is 13.2 Å². The van der Waals surface area contributed by atoms with Gasteiger partial charge in [0.25, 0.3) is 0 Å². The highest BCUT2D eigenvalue weighted by Crippen LogP contribution is 2.45. The second-order valence-electron chi connectivity index (χ2n) is 14.3. The number of unbranched alkanes of at least 4 members (excludes halogenated alkanes) is 6. The lowest BCUT2D eigenvalue weighted by molar-refractivity contribution is 0.156. The number of aryl methyl sites for hydroxylation is 1. The molecule has 0 amide bonds. The highest BCUT2D eigenvalue weighted by Gasteiger charge is 2.32. The number of hydrogen-bond donors (Lipinski definition) is 0. The van der Waals surface area contributed by atoms with Gasteiger partial charge in [0.1, 0.15) is 5.82 Å². The van der Waals surface area contributed by atoms with Gasteiger partial charge < -0.3 is 0 Å². The summed E-state index contributed by atoms with van der Waals surface area (Å²) in [6, 6.07) is 16.5. The molecule has 0 bridgehead atoms. The summed E-state index contributed by atoms with van der Waals surface area (Å²) >= 11 is 0. The van der Waals surface area contributed by atoms with Gasteiger partial charge in [0.2, 0.25) is 0 Å². The first-order valence-corrected chi connectivity index (χ1v) is 18.5. The van der Waals surface area contributed by atoms with Crippen LogP contribution in [0.15, 0.2) is 67.3 Å². The third-order valence-electron chi connectivity index (χ3n) is 11.3. The number of rotatable bonds is 15. The Kier molecular flexibility index (Phi) is 13.0. The van der Waals surface area contributed by atoms with Crippen LogP contribution in [-0.4, -0.2) is 0 Å². The quantitative estimate of drug-likeness (QED) is 0.116. The zero-order valence-corrected chi connectivity index (χ0v) is 28.2. The fourth-order valence-corrected chi connectivity index (χ4v) is 8.36. The van der Waals surface area contributed by atoms with Crippen molar-refractivity contribution in [1.29, 1.82) is 0 Å². The maximum absolute atomic E-state index is 15.5. The molecule has 0 aromatic heterocycles. The summed E-state index contributed by atoms with van der Waals surface area (Å²) in [5, 5.41) is 0. The predicted molar refractivity (Wildman–Crippen MR) is 188 cm³/mol. The Bertz CT molecular complexity index is 1370. The molecule has 46 heavy (non-hydrogen) atoms. The summed E-state index contributed by atoms with van der Waals surface area (Å²) < 4.78 is 45.5. The molecule has 0 radical (unpaired) electrons. The zero-order chi connectivity index (χ0) is 32.3. The van der Waals surface area contributed by atoms with Crippen LogP contribution in [0.2, 0.25) is 0 Å². The minimum absolute atomic E-state index is 0.127. The van der Waals surface area contributed by atoms with E-state index in [1.165, 1.54) is 70.6 Å².